The van der Waals surface area contributed by atoms with Gasteiger partial charge in [-0.1, -0.05) is 6.92 Å². The minimum atomic E-state index is 0.143. The molecule has 1 heterocycles. The summed E-state index contributed by atoms with van der Waals surface area (Å²) in [5, 5.41) is 3.18. The van der Waals surface area contributed by atoms with E-state index in [1.54, 1.807) is 12.4 Å². The van der Waals surface area contributed by atoms with Crippen molar-refractivity contribution in [1.82, 2.24) is 15.3 Å². The van der Waals surface area contributed by atoms with Gasteiger partial charge in [-0.25, -0.2) is 4.98 Å². The van der Waals surface area contributed by atoms with Crippen LogP contribution in [-0.2, 0) is 6.54 Å². The van der Waals surface area contributed by atoms with Gasteiger partial charge in [-0.2, -0.15) is 0 Å². The van der Waals surface area contributed by atoms with Gasteiger partial charge in [-0.3, -0.25) is 4.98 Å². The van der Waals surface area contributed by atoms with E-state index in [9.17, 15) is 0 Å². The fourth-order valence-corrected chi connectivity index (χ4v) is 0.990. The second-order valence-electron chi connectivity index (χ2n) is 3.29. The molecule has 0 aliphatic heterocycles. The number of aromatic nitrogens is 2. The third-order valence-corrected chi connectivity index (χ3v) is 1.59. The van der Waals surface area contributed by atoms with Crippen molar-refractivity contribution in [2.45, 2.75) is 33.4 Å². The number of nitrogens with one attached hydrogen (secondary N) is 1. The van der Waals surface area contributed by atoms with Gasteiger partial charge in [0.1, 0.15) is 0 Å². The molecule has 0 aromatic carbocycles. The smallest absolute Gasteiger partial charge is 0.232 e. The van der Waals surface area contributed by atoms with E-state index in [1.165, 1.54) is 0 Å². The second kappa shape index (κ2) is 5.54. The first kappa shape index (κ1) is 10.9. The highest BCUT2D eigenvalue weighted by molar-refractivity contribution is 5.07. The fourth-order valence-electron chi connectivity index (χ4n) is 0.990. The molecule has 0 bridgehead atoms. The summed E-state index contributed by atoms with van der Waals surface area (Å²) in [4.78, 5) is 8.37. The summed E-state index contributed by atoms with van der Waals surface area (Å²) in [6.45, 7) is 7.68. The Kier molecular flexibility index (Phi) is 4.32. The Bertz CT molecular complexity index is 259. The molecule has 4 heteroatoms. The lowest BCUT2D eigenvalue weighted by atomic mass is 10.4. The highest BCUT2D eigenvalue weighted by Crippen LogP contribution is 2.05. The van der Waals surface area contributed by atoms with Crippen LogP contribution in [0.4, 0.5) is 0 Å². The fraction of sp³-hybridized carbons (Fsp3) is 0.600. The van der Waals surface area contributed by atoms with E-state index in [2.05, 4.69) is 22.2 Å². The molecule has 78 valence electrons. The Labute approximate surface area is 84.7 Å². The normalized spacial score (nSPS) is 10.6. The van der Waals surface area contributed by atoms with E-state index in [0.29, 0.717) is 5.88 Å². The van der Waals surface area contributed by atoms with Gasteiger partial charge in [0.2, 0.25) is 5.88 Å². The number of nitrogens with zero attached hydrogens (tertiary/aromatic N) is 2. The van der Waals surface area contributed by atoms with Crippen LogP contribution in [0.2, 0.25) is 0 Å². The minimum absolute atomic E-state index is 0.143. The Hall–Kier alpha value is -1.16. The molecule has 14 heavy (non-hydrogen) atoms. The van der Waals surface area contributed by atoms with Gasteiger partial charge in [0, 0.05) is 6.54 Å². The van der Waals surface area contributed by atoms with E-state index in [0.717, 1.165) is 18.8 Å². The molecule has 1 N–H and O–H groups in total. The number of ether oxygens (including phenoxy) is 1. The number of hydrogen-bond acceptors (Lipinski definition) is 4. The van der Waals surface area contributed by atoms with Crippen molar-refractivity contribution in [2.75, 3.05) is 6.54 Å². The highest BCUT2D eigenvalue weighted by Gasteiger charge is 1.99. The predicted octanol–water partition coefficient (Wildman–Crippen LogP) is 1.37. The Balaban J connectivity index is 2.50. The van der Waals surface area contributed by atoms with Gasteiger partial charge in [0.15, 0.2) is 0 Å². The van der Waals surface area contributed by atoms with Gasteiger partial charge in [0.05, 0.1) is 24.2 Å². The molecule has 0 radical (unpaired) electrons. The van der Waals surface area contributed by atoms with E-state index in [1.807, 2.05) is 13.8 Å². The van der Waals surface area contributed by atoms with Crippen LogP contribution >= 0.6 is 0 Å². The molecule has 0 fully saturated rings. The summed E-state index contributed by atoms with van der Waals surface area (Å²) < 4.78 is 5.38. The molecular weight excluding hydrogens is 178 g/mol. The van der Waals surface area contributed by atoms with Crippen molar-refractivity contribution < 1.29 is 4.74 Å². The van der Waals surface area contributed by atoms with Gasteiger partial charge >= 0.3 is 0 Å². The van der Waals surface area contributed by atoms with Crippen LogP contribution in [-0.4, -0.2) is 22.6 Å². The Morgan fingerprint density at radius 3 is 2.64 bits per heavy atom. The summed E-state index contributed by atoms with van der Waals surface area (Å²) in [6, 6.07) is 0. The predicted molar refractivity (Wildman–Crippen MR) is 55.2 cm³/mol. The van der Waals surface area contributed by atoms with E-state index in [-0.39, 0.29) is 6.10 Å². The average Bonchev–Trinajstić information content (AvgIpc) is 2.16. The molecule has 0 saturated carbocycles. The molecule has 0 spiro atoms. The maximum Gasteiger partial charge on any atom is 0.232 e. The van der Waals surface area contributed by atoms with Gasteiger partial charge in [-0.15, -0.1) is 0 Å². The zero-order chi connectivity index (χ0) is 10.4. The molecular formula is C10H17N3O. The largest absolute Gasteiger partial charge is 0.474 e. The molecule has 0 amide bonds. The number of rotatable bonds is 5. The van der Waals surface area contributed by atoms with Crippen LogP contribution in [0.5, 0.6) is 5.88 Å². The third-order valence-electron chi connectivity index (χ3n) is 1.59. The van der Waals surface area contributed by atoms with Crippen molar-refractivity contribution in [2.24, 2.45) is 0 Å². The topological polar surface area (TPSA) is 47.0 Å². The van der Waals surface area contributed by atoms with Crippen molar-refractivity contribution in [3.63, 3.8) is 0 Å². The lowest BCUT2D eigenvalue weighted by Gasteiger charge is -2.08. The Morgan fingerprint density at radius 2 is 2.14 bits per heavy atom. The lowest BCUT2D eigenvalue weighted by Crippen LogP contribution is -2.13. The van der Waals surface area contributed by atoms with Gasteiger partial charge in [0.25, 0.3) is 0 Å². The molecule has 1 rings (SSSR count). The standard InChI is InChI=1S/C10H17N3O/c1-4-11-5-9-6-13-10(7-12-9)14-8(2)3/h6-8,11H,4-5H2,1-3H3. The maximum atomic E-state index is 5.38. The van der Waals surface area contributed by atoms with Crippen LogP contribution in [0.3, 0.4) is 0 Å². The van der Waals surface area contributed by atoms with Crippen molar-refractivity contribution in [1.29, 1.82) is 0 Å². The summed E-state index contributed by atoms with van der Waals surface area (Å²) >= 11 is 0. The Morgan fingerprint density at radius 1 is 1.36 bits per heavy atom. The van der Waals surface area contributed by atoms with Gasteiger partial charge < -0.3 is 10.1 Å². The number of hydrogen-bond donors (Lipinski definition) is 1. The summed E-state index contributed by atoms with van der Waals surface area (Å²) in [5.41, 5.74) is 0.933. The summed E-state index contributed by atoms with van der Waals surface area (Å²) in [7, 11) is 0. The zero-order valence-electron chi connectivity index (χ0n) is 8.95. The first-order valence-electron chi connectivity index (χ1n) is 4.90. The summed E-state index contributed by atoms with van der Waals surface area (Å²) in [6.07, 6.45) is 3.54. The molecule has 0 aliphatic rings. The van der Waals surface area contributed by atoms with Crippen LogP contribution in [0, 0.1) is 0 Å². The van der Waals surface area contributed by atoms with E-state index >= 15 is 0 Å². The van der Waals surface area contributed by atoms with Crippen molar-refractivity contribution >= 4 is 0 Å². The van der Waals surface area contributed by atoms with Crippen LogP contribution in [0.25, 0.3) is 0 Å². The quantitative estimate of drug-likeness (QED) is 0.771. The van der Waals surface area contributed by atoms with Crippen LogP contribution in [0.15, 0.2) is 12.4 Å². The molecule has 0 saturated heterocycles. The molecule has 1 aromatic rings. The zero-order valence-corrected chi connectivity index (χ0v) is 8.95. The minimum Gasteiger partial charge on any atom is -0.474 e. The van der Waals surface area contributed by atoms with Crippen LogP contribution in [0.1, 0.15) is 26.5 Å². The average molecular weight is 195 g/mol. The first-order chi connectivity index (χ1) is 6.72. The molecule has 0 atom stereocenters. The van der Waals surface area contributed by atoms with Crippen LogP contribution < -0.4 is 10.1 Å². The van der Waals surface area contributed by atoms with E-state index < -0.39 is 0 Å². The molecule has 0 unspecified atom stereocenters. The summed E-state index contributed by atoms with van der Waals surface area (Å²) in [5.74, 6) is 0.584. The SMILES string of the molecule is CCNCc1cnc(OC(C)C)cn1. The first-order valence-corrected chi connectivity index (χ1v) is 4.90. The monoisotopic (exact) mass is 195 g/mol. The molecule has 0 aliphatic carbocycles. The lowest BCUT2D eigenvalue weighted by molar-refractivity contribution is 0.231. The molecule has 4 nitrogen and oxygen atoms in total. The second-order valence-corrected chi connectivity index (χ2v) is 3.29. The van der Waals surface area contributed by atoms with Crippen molar-refractivity contribution in [3.05, 3.63) is 18.1 Å². The highest BCUT2D eigenvalue weighted by atomic mass is 16.5. The van der Waals surface area contributed by atoms with Gasteiger partial charge in [-0.05, 0) is 20.4 Å². The van der Waals surface area contributed by atoms with Crippen molar-refractivity contribution in [3.8, 4) is 5.88 Å². The molecule has 1 aromatic heterocycles. The maximum absolute atomic E-state index is 5.38. The van der Waals surface area contributed by atoms with E-state index in [4.69, 9.17) is 4.74 Å². The third kappa shape index (κ3) is 3.70.